The first-order chi connectivity index (χ1) is 4.75. The van der Waals surface area contributed by atoms with Crippen LogP contribution in [-0.2, 0) is 4.79 Å². The quantitative estimate of drug-likeness (QED) is 0.532. The molecule has 0 spiro atoms. The van der Waals surface area contributed by atoms with Crippen LogP contribution in [-0.4, -0.2) is 23.2 Å². The number of carbonyl (C=O) groups is 1. The number of rotatable bonds is 3. The van der Waals surface area contributed by atoms with E-state index < -0.39 is 16.9 Å². The number of hydrogen-bond donors (Lipinski definition) is 3. The molecule has 0 amide bonds. The van der Waals surface area contributed by atoms with E-state index in [9.17, 15) is 4.79 Å². The highest BCUT2D eigenvalue weighted by Crippen LogP contribution is 2.27. The molecule has 1 atom stereocenters. The van der Waals surface area contributed by atoms with Crippen LogP contribution in [0.2, 0.25) is 0 Å². The van der Waals surface area contributed by atoms with Gasteiger partial charge >= 0.3 is 5.97 Å². The Hall–Kier alpha value is -0.610. The fourth-order valence-electron chi connectivity index (χ4n) is 0.501. The van der Waals surface area contributed by atoms with Crippen molar-refractivity contribution >= 4 is 5.97 Å². The van der Waals surface area contributed by atoms with Gasteiger partial charge in [-0.2, -0.15) is 0 Å². The number of carboxylic acid groups (broad SMARTS) is 1. The Morgan fingerprint density at radius 1 is 1.45 bits per heavy atom. The molecular weight excluding hydrogens is 144 g/mol. The second kappa shape index (κ2) is 2.79. The molecule has 0 heterocycles. The minimum atomic E-state index is -1.26. The Bertz CT molecular complexity index is 164. The molecule has 0 aromatic carbocycles. The third kappa shape index (κ3) is 1.70. The molecule has 0 aromatic heterocycles. The van der Waals surface area contributed by atoms with Gasteiger partial charge in [-0.15, -0.1) is 0 Å². The zero-order valence-corrected chi connectivity index (χ0v) is 7.22. The van der Waals surface area contributed by atoms with Crippen molar-refractivity contribution in [3.8, 4) is 0 Å². The number of aliphatic carboxylic acids is 1. The smallest absolute Gasteiger partial charge is 0.323 e. The average molecular weight is 160 g/mol. The standard InChI is InChI=1S/C7H16N2O2/c1-6(2,4-8)7(3,9)5(10)11/h4,8-9H2,1-3H3,(H,10,11)/t7-/m1/s1. The van der Waals surface area contributed by atoms with Crippen molar-refractivity contribution in [1.29, 1.82) is 0 Å². The maximum atomic E-state index is 10.6. The molecule has 0 fully saturated rings. The van der Waals surface area contributed by atoms with E-state index in [-0.39, 0.29) is 6.54 Å². The summed E-state index contributed by atoms with van der Waals surface area (Å²) in [4.78, 5) is 10.6. The van der Waals surface area contributed by atoms with E-state index >= 15 is 0 Å². The van der Waals surface area contributed by atoms with Gasteiger partial charge in [0.25, 0.3) is 0 Å². The van der Waals surface area contributed by atoms with Crippen molar-refractivity contribution in [2.24, 2.45) is 16.9 Å². The third-order valence-electron chi connectivity index (χ3n) is 2.36. The lowest BCUT2D eigenvalue weighted by molar-refractivity contribution is -0.146. The molecular formula is C7H16N2O2. The highest BCUT2D eigenvalue weighted by molar-refractivity contribution is 5.79. The summed E-state index contributed by atoms with van der Waals surface area (Å²) >= 11 is 0. The summed E-state index contributed by atoms with van der Waals surface area (Å²) in [5.41, 5.74) is 9.11. The molecule has 0 saturated heterocycles. The lowest BCUT2D eigenvalue weighted by atomic mass is 9.74. The van der Waals surface area contributed by atoms with E-state index in [1.54, 1.807) is 13.8 Å². The SMILES string of the molecule is CC(C)(CN)[C@](C)(N)C(=O)O. The fourth-order valence-corrected chi connectivity index (χ4v) is 0.501. The number of hydrogen-bond acceptors (Lipinski definition) is 3. The average Bonchev–Trinajstić information content (AvgIpc) is 1.87. The van der Waals surface area contributed by atoms with Crippen molar-refractivity contribution < 1.29 is 9.90 Å². The van der Waals surface area contributed by atoms with Crippen molar-refractivity contribution in [1.82, 2.24) is 0 Å². The van der Waals surface area contributed by atoms with Crippen molar-refractivity contribution in [3.05, 3.63) is 0 Å². The van der Waals surface area contributed by atoms with Gasteiger partial charge in [0.2, 0.25) is 0 Å². The largest absolute Gasteiger partial charge is 0.480 e. The highest BCUT2D eigenvalue weighted by Gasteiger charge is 2.43. The van der Waals surface area contributed by atoms with Crippen LogP contribution >= 0.6 is 0 Å². The van der Waals surface area contributed by atoms with Gasteiger partial charge in [0.05, 0.1) is 0 Å². The van der Waals surface area contributed by atoms with E-state index in [2.05, 4.69) is 0 Å². The first-order valence-corrected chi connectivity index (χ1v) is 3.48. The Balaban J connectivity index is 4.67. The second-order valence-electron chi connectivity index (χ2n) is 3.60. The summed E-state index contributed by atoms with van der Waals surface area (Å²) in [6.07, 6.45) is 0. The van der Waals surface area contributed by atoms with Crippen molar-refractivity contribution in [3.63, 3.8) is 0 Å². The van der Waals surface area contributed by atoms with E-state index in [4.69, 9.17) is 16.6 Å². The van der Waals surface area contributed by atoms with Gasteiger partial charge in [-0.05, 0) is 13.5 Å². The minimum Gasteiger partial charge on any atom is -0.480 e. The fraction of sp³-hybridized carbons (Fsp3) is 0.857. The van der Waals surface area contributed by atoms with Gasteiger partial charge in [-0.1, -0.05) is 13.8 Å². The van der Waals surface area contributed by atoms with Gasteiger partial charge < -0.3 is 16.6 Å². The molecule has 0 bridgehead atoms. The zero-order chi connectivity index (χ0) is 9.28. The summed E-state index contributed by atoms with van der Waals surface area (Å²) in [6.45, 7) is 5.21. The third-order valence-corrected chi connectivity index (χ3v) is 2.36. The van der Waals surface area contributed by atoms with E-state index in [1.807, 2.05) is 0 Å². The molecule has 0 aromatic rings. The Labute approximate surface area is 66.6 Å². The van der Waals surface area contributed by atoms with Crippen LogP contribution in [0.4, 0.5) is 0 Å². The molecule has 0 rings (SSSR count). The van der Waals surface area contributed by atoms with Gasteiger partial charge in [0.15, 0.2) is 0 Å². The summed E-state index contributed by atoms with van der Waals surface area (Å²) in [6, 6.07) is 0. The summed E-state index contributed by atoms with van der Waals surface area (Å²) in [5, 5.41) is 8.73. The number of carboxylic acids is 1. The molecule has 0 radical (unpaired) electrons. The van der Waals surface area contributed by atoms with Crippen LogP contribution < -0.4 is 11.5 Å². The molecule has 4 nitrogen and oxygen atoms in total. The molecule has 11 heavy (non-hydrogen) atoms. The Morgan fingerprint density at radius 2 is 1.82 bits per heavy atom. The lowest BCUT2D eigenvalue weighted by Crippen LogP contribution is -2.59. The van der Waals surface area contributed by atoms with Gasteiger partial charge in [0, 0.05) is 5.41 Å². The minimum absolute atomic E-state index is 0.256. The van der Waals surface area contributed by atoms with Crippen molar-refractivity contribution in [2.45, 2.75) is 26.3 Å². The maximum Gasteiger partial charge on any atom is 0.323 e. The van der Waals surface area contributed by atoms with E-state index in [0.29, 0.717) is 0 Å². The summed E-state index contributed by atoms with van der Waals surface area (Å²) in [7, 11) is 0. The topological polar surface area (TPSA) is 89.3 Å². The molecule has 4 heteroatoms. The maximum absolute atomic E-state index is 10.6. The van der Waals surface area contributed by atoms with Gasteiger partial charge in [0.1, 0.15) is 5.54 Å². The molecule has 0 unspecified atom stereocenters. The molecule has 0 saturated carbocycles. The van der Waals surface area contributed by atoms with E-state index in [0.717, 1.165) is 0 Å². The Kier molecular flexibility index (Phi) is 2.64. The normalized spacial score (nSPS) is 17.5. The second-order valence-corrected chi connectivity index (χ2v) is 3.60. The monoisotopic (exact) mass is 160 g/mol. The molecule has 0 aliphatic carbocycles. The highest BCUT2D eigenvalue weighted by atomic mass is 16.4. The van der Waals surface area contributed by atoms with Gasteiger partial charge in [-0.3, -0.25) is 4.79 Å². The Morgan fingerprint density at radius 3 is 1.91 bits per heavy atom. The van der Waals surface area contributed by atoms with Gasteiger partial charge in [-0.25, -0.2) is 0 Å². The molecule has 66 valence electrons. The summed E-state index contributed by atoms with van der Waals surface area (Å²) in [5.74, 6) is -1.02. The van der Waals surface area contributed by atoms with Crippen LogP contribution in [0.1, 0.15) is 20.8 Å². The van der Waals surface area contributed by atoms with Crippen LogP contribution in [0.5, 0.6) is 0 Å². The van der Waals surface area contributed by atoms with Crippen molar-refractivity contribution in [2.75, 3.05) is 6.54 Å². The summed E-state index contributed by atoms with van der Waals surface area (Å²) < 4.78 is 0. The zero-order valence-electron chi connectivity index (χ0n) is 7.22. The molecule has 0 aliphatic heterocycles. The molecule has 5 N–H and O–H groups in total. The predicted octanol–water partition coefficient (Wildman–Crippen LogP) is -0.227. The predicted molar refractivity (Wildman–Crippen MR) is 43.1 cm³/mol. The first kappa shape index (κ1) is 10.4. The van der Waals surface area contributed by atoms with Crippen LogP contribution in [0, 0.1) is 5.41 Å². The number of nitrogens with two attached hydrogens (primary N) is 2. The lowest BCUT2D eigenvalue weighted by Gasteiger charge is -2.36. The van der Waals surface area contributed by atoms with Crippen LogP contribution in [0.3, 0.4) is 0 Å². The van der Waals surface area contributed by atoms with E-state index in [1.165, 1.54) is 6.92 Å². The molecule has 0 aliphatic rings. The van der Waals surface area contributed by atoms with Crippen LogP contribution in [0.15, 0.2) is 0 Å². The van der Waals surface area contributed by atoms with Crippen LogP contribution in [0.25, 0.3) is 0 Å². The first-order valence-electron chi connectivity index (χ1n) is 3.48.